The summed E-state index contributed by atoms with van der Waals surface area (Å²) < 4.78 is 62.0. The Kier molecular flexibility index (Phi) is 10.5. The van der Waals surface area contributed by atoms with Crippen LogP contribution >= 0.6 is 0 Å². The number of anilines is 1. The number of carbonyl (C=O) groups excluding carboxylic acids is 3. The fourth-order valence-electron chi connectivity index (χ4n) is 4.54. The standard InChI is InChI=1S/C28H31F4N7O6/c1-28(31,32)45-20-6-2-4-17(12-20)13-33-24(41)22-16-39(36-35-22)14-18(29)7-10-37-11-8-21(23(30)26(37)43)34-25(42)27(44)38-9-3-5-19(40)15-38/h2,4,6,8,11-12,16,18-19,40H,3,5,7,9-10,13-15H2,1H3,(H,33,41)(H,34,42). The van der Waals surface area contributed by atoms with Gasteiger partial charge < -0.3 is 29.9 Å². The molecule has 0 aliphatic carbocycles. The van der Waals surface area contributed by atoms with Crippen LogP contribution in [-0.2, 0) is 29.2 Å². The van der Waals surface area contributed by atoms with Crippen LogP contribution in [-0.4, -0.2) is 78.8 Å². The molecule has 45 heavy (non-hydrogen) atoms. The summed E-state index contributed by atoms with van der Waals surface area (Å²) in [6.07, 6.45) is -2.58. The average Bonchev–Trinajstić information content (AvgIpc) is 3.45. The second-order valence-corrected chi connectivity index (χ2v) is 10.5. The summed E-state index contributed by atoms with van der Waals surface area (Å²) in [5.74, 6) is -4.18. The van der Waals surface area contributed by atoms with Crippen molar-refractivity contribution in [1.82, 2.24) is 29.8 Å². The molecule has 2 unspecified atom stereocenters. The van der Waals surface area contributed by atoms with Gasteiger partial charge in [0.1, 0.15) is 11.9 Å². The Bertz CT molecular complexity index is 1590. The van der Waals surface area contributed by atoms with E-state index in [1.54, 1.807) is 6.07 Å². The van der Waals surface area contributed by atoms with Crippen LogP contribution < -0.4 is 20.9 Å². The zero-order valence-corrected chi connectivity index (χ0v) is 24.1. The Morgan fingerprint density at radius 1 is 1.24 bits per heavy atom. The van der Waals surface area contributed by atoms with Crippen molar-refractivity contribution in [3.63, 3.8) is 0 Å². The topological polar surface area (TPSA) is 161 Å². The molecule has 0 saturated carbocycles. The van der Waals surface area contributed by atoms with Crippen molar-refractivity contribution in [2.45, 2.75) is 64.2 Å². The summed E-state index contributed by atoms with van der Waals surface area (Å²) >= 11 is 0. The van der Waals surface area contributed by atoms with Crippen LogP contribution in [0.4, 0.5) is 23.2 Å². The number of amides is 3. The average molecular weight is 638 g/mol. The number of β-amino-alcohol motifs (C(OH)–C–C–N with tert-alkyl or cyclic N) is 1. The number of alkyl halides is 3. The summed E-state index contributed by atoms with van der Waals surface area (Å²) in [5, 5.41) is 21.7. The zero-order valence-electron chi connectivity index (χ0n) is 24.1. The van der Waals surface area contributed by atoms with Crippen molar-refractivity contribution >= 4 is 23.4 Å². The number of halogens is 4. The molecule has 0 radical (unpaired) electrons. The number of aromatic nitrogens is 4. The third-order valence-corrected chi connectivity index (χ3v) is 6.72. The molecule has 0 bridgehead atoms. The van der Waals surface area contributed by atoms with Crippen LogP contribution in [0.1, 0.15) is 42.2 Å². The quantitative estimate of drug-likeness (QED) is 0.212. The number of rotatable bonds is 11. The third kappa shape index (κ3) is 9.34. The number of hydrogen-bond acceptors (Lipinski definition) is 8. The van der Waals surface area contributed by atoms with Gasteiger partial charge in [0, 0.05) is 39.3 Å². The van der Waals surface area contributed by atoms with Gasteiger partial charge in [-0.2, -0.15) is 13.2 Å². The number of likely N-dealkylation sites (tertiary alicyclic amines) is 1. The predicted molar refractivity (Wildman–Crippen MR) is 150 cm³/mol. The highest BCUT2D eigenvalue weighted by Crippen LogP contribution is 2.22. The normalized spacial score (nSPS) is 15.8. The van der Waals surface area contributed by atoms with Crippen molar-refractivity contribution in [3.05, 3.63) is 70.2 Å². The van der Waals surface area contributed by atoms with Gasteiger partial charge in [-0.3, -0.25) is 19.2 Å². The van der Waals surface area contributed by atoms with E-state index in [0.717, 1.165) is 26.4 Å². The van der Waals surface area contributed by atoms with Crippen LogP contribution in [0.5, 0.6) is 5.75 Å². The first-order chi connectivity index (χ1) is 21.3. The fourth-order valence-corrected chi connectivity index (χ4v) is 4.54. The summed E-state index contributed by atoms with van der Waals surface area (Å²) in [4.78, 5) is 50.6. The van der Waals surface area contributed by atoms with E-state index in [-0.39, 0.29) is 50.6 Å². The second kappa shape index (κ2) is 14.3. The first-order valence-electron chi connectivity index (χ1n) is 13.9. The van der Waals surface area contributed by atoms with Crippen LogP contribution in [0, 0.1) is 5.82 Å². The summed E-state index contributed by atoms with van der Waals surface area (Å²) in [5.41, 5.74) is -1.29. The molecule has 3 aromatic rings. The molecule has 4 rings (SSSR count). The Morgan fingerprint density at radius 3 is 2.76 bits per heavy atom. The van der Waals surface area contributed by atoms with Gasteiger partial charge in [-0.15, -0.1) is 5.10 Å². The minimum absolute atomic E-state index is 0.0262. The molecule has 242 valence electrons. The van der Waals surface area contributed by atoms with Gasteiger partial charge in [0.05, 0.1) is 24.5 Å². The zero-order chi connectivity index (χ0) is 32.7. The van der Waals surface area contributed by atoms with Crippen molar-refractivity contribution in [3.8, 4) is 5.75 Å². The number of nitrogens with one attached hydrogen (secondary N) is 2. The van der Waals surface area contributed by atoms with E-state index in [9.17, 15) is 41.8 Å². The van der Waals surface area contributed by atoms with Gasteiger partial charge in [0.2, 0.25) is 5.82 Å². The maximum absolute atomic E-state index is 14.7. The van der Waals surface area contributed by atoms with E-state index in [2.05, 4.69) is 25.7 Å². The molecule has 0 spiro atoms. The smallest absolute Gasteiger partial charge is 0.394 e. The Morgan fingerprint density at radius 2 is 2.02 bits per heavy atom. The molecule has 1 fully saturated rings. The molecule has 3 heterocycles. The maximum atomic E-state index is 14.7. The molecule has 13 nitrogen and oxygen atoms in total. The maximum Gasteiger partial charge on any atom is 0.394 e. The predicted octanol–water partition coefficient (Wildman–Crippen LogP) is 1.85. The number of ether oxygens (including phenoxy) is 1. The number of nitrogens with zero attached hydrogens (tertiary/aromatic N) is 5. The highest BCUT2D eigenvalue weighted by molar-refractivity contribution is 6.39. The molecular formula is C28H31F4N7O6. The number of carbonyl (C=O) groups is 3. The van der Waals surface area contributed by atoms with Gasteiger partial charge in [-0.05, 0) is 43.0 Å². The molecule has 1 aliphatic rings. The van der Waals surface area contributed by atoms with Crippen LogP contribution in [0.25, 0.3) is 0 Å². The number of aryl methyl sites for hydroxylation is 1. The lowest BCUT2D eigenvalue weighted by molar-refractivity contribution is -0.159. The van der Waals surface area contributed by atoms with Crippen molar-refractivity contribution in [2.24, 2.45) is 0 Å². The lowest BCUT2D eigenvalue weighted by atomic mass is 10.1. The second-order valence-electron chi connectivity index (χ2n) is 10.5. The molecular weight excluding hydrogens is 606 g/mol. The monoisotopic (exact) mass is 637 g/mol. The van der Waals surface area contributed by atoms with Gasteiger partial charge in [-0.25, -0.2) is 9.07 Å². The number of aliphatic hydroxyl groups is 1. The summed E-state index contributed by atoms with van der Waals surface area (Å²) in [6, 6.07) is 6.84. The van der Waals surface area contributed by atoms with Crippen molar-refractivity contribution in [2.75, 3.05) is 18.4 Å². The van der Waals surface area contributed by atoms with Crippen LogP contribution in [0.15, 0.2) is 47.5 Å². The van der Waals surface area contributed by atoms with Gasteiger partial charge in [0.25, 0.3) is 11.5 Å². The van der Waals surface area contributed by atoms with Crippen molar-refractivity contribution in [1.29, 1.82) is 0 Å². The highest BCUT2D eigenvalue weighted by Gasteiger charge is 2.28. The minimum atomic E-state index is -3.37. The first-order valence-corrected chi connectivity index (χ1v) is 13.9. The van der Waals surface area contributed by atoms with Gasteiger partial charge in [-0.1, -0.05) is 17.3 Å². The first kappa shape index (κ1) is 33.1. The molecule has 3 amide bonds. The molecule has 1 saturated heterocycles. The van der Waals surface area contributed by atoms with Gasteiger partial charge >= 0.3 is 17.9 Å². The highest BCUT2D eigenvalue weighted by atomic mass is 19.3. The Labute approximate surface area is 253 Å². The Hall–Kier alpha value is -4.80. The lowest BCUT2D eigenvalue weighted by Crippen LogP contribution is -2.47. The summed E-state index contributed by atoms with van der Waals surface area (Å²) in [7, 11) is 0. The SMILES string of the molecule is CC(F)(F)Oc1cccc(CNC(=O)c2cn(CC(F)CCn3ccc(NC(=O)C(=O)N4CCCC(O)C4)c(F)c3=O)nn2)c1. The van der Waals surface area contributed by atoms with E-state index >= 15 is 0 Å². The number of piperidine rings is 1. The number of benzene rings is 1. The molecule has 3 N–H and O–H groups in total. The largest absolute Gasteiger partial charge is 0.433 e. The fraction of sp³-hybridized carbons (Fsp3) is 0.429. The van der Waals surface area contributed by atoms with Crippen molar-refractivity contribution < 1.29 is 41.8 Å². The molecule has 1 aliphatic heterocycles. The molecule has 2 aromatic heterocycles. The van der Waals surface area contributed by atoms with E-state index in [1.807, 2.05) is 0 Å². The summed E-state index contributed by atoms with van der Waals surface area (Å²) in [6.45, 7) is 0.244. The van der Waals surface area contributed by atoms with E-state index in [4.69, 9.17) is 0 Å². The number of pyridine rings is 1. The van der Waals surface area contributed by atoms with E-state index in [0.29, 0.717) is 25.3 Å². The molecule has 17 heteroatoms. The third-order valence-electron chi connectivity index (χ3n) is 6.72. The van der Waals surface area contributed by atoms with E-state index in [1.165, 1.54) is 24.4 Å². The molecule has 1 aromatic carbocycles. The Balaban J connectivity index is 1.25. The lowest BCUT2D eigenvalue weighted by Gasteiger charge is -2.29. The number of aliphatic hydroxyl groups excluding tert-OH is 1. The van der Waals surface area contributed by atoms with Gasteiger partial charge in [0.15, 0.2) is 5.69 Å². The van der Waals surface area contributed by atoms with Crippen LogP contribution in [0.3, 0.4) is 0 Å². The minimum Gasteiger partial charge on any atom is -0.433 e. The van der Waals surface area contributed by atoms with Crippen LogP contribution in [0.2, 0.25) is 0 Å². The van der Waals surface area contributed by atoms with E-state index < -0.39 is 53.2 Å². The molecule has 2 atom stereocenters. The number of hydrogen-bond donors (Lipinski definition) is 3.